The van der Waals surface area contributed by atoms with Gasteiger partial charge in [-0.05, 0) is 38.3 Å². The molecule has 0 fully saturated rings. The smallest absolute Gasteiger partial charge is 0.410 e. The lowest BCUT2D eigenvalue weighted by Gasteiger charge is -2.31. The zero-order valence-corrected chi connectivity index (χ0v) is 11.6. The van der Waals surface area contributed by atoms with Crippen LogP contribution >= 0.6 is 11.6 Å². The van der Waals surface area contributed by atoms with E-state index in [0.717, 1.165) is 17.5 Å². The summed E-state index contributed by atoms with van der Waals surface area (Å²) in [6.45, 7) is 6.73. The van der Waals surface area contributed by atoms with Crippen molar-refractivity contribution in [3.63, 3.8) is 0 Å². The van der Waals surface area contributed by atoms with Crippen LogP contribution < -0.4 is 0 Å². The molecule has 2 heterocycles. The van der Waals surface area contributed by atoms with Gasteiger partial charge in [0.1, 0.15) is 5.60 Å². The van der Waals surface area contributed by atoms with E-state index < -0.39 is 5.60 Å². The van der Waals surface area contributed by atoms with Crippen LogP contribution in [0.1, 0.15) is 31.9 Å². The second kappa shape index (κ2) is 4.76. The average molecular weight is 269 g/mol. The second-order valence-corrected chi connectivity index (χ2v) is 5.82. The van der Waals surface area contributed by atoms with Crippen molar-refractivity contribution in [1.82, 2.24) is 9.88 Å². The van der Waals surface area contributed by atoms with E-state index in [2.05, 4.69) is 4.98 Å². The summed E-state index contributed by atoms with van der Waals surface area (Å²) in [5.41, 5.74) is 1.62. The number of nitrogens with zero attached hydrogens (tertiary/aromatic N) is 2. The Balaban J connectivity index is 2.11. The Morgan fingerprint density at radius 1 is 1.44 bits per heavy atom. The Labute approximate surface area is 112 Å². The van der Waals surface area contributed by atoms with Crippen molar-refractivity contribution in [3.05, 3.63) is 28.5 Å². The number of hydrogen-bond donors (Lipinski definition) is 0. The fraction of sp³-hybridized carbons (Fsp3) is 0.538. The quantitative estimate of drug-likeness (QED) is 0.726. The van der Waals surface area contributed by atoms with E-state index in [9.17, 15) is 4.79 Å². The standard InChI is InChI=1S/C13H17ClN2O2/c1-13(2,3)18-12(17)16-5-4-10-9(8-16)6-15-7-11(10)14/h6-7H,4-5,8H2,1-3H3. The normalized spacial score (nSPS) is 15.2. The van der Waals surface area contributed by atoms with Crippen molar-refractivity contribution in [3.8, 4) is 0 Å². The molecule has 1 aliphatic heterocycles. The minimum Gasteiger partial charge on any atom is -0.444 e. The van der Waals surface area contributed by atoms with Gasteiger partial charge in [0.2, 0.25) is 0 Å². The Hall–Kier alpha value is -1.29. The number of hydrogen-bond acceptors (Lipinski definition) is 3. The Morgan fingerprint density at radius 3 is 2.83 bits per heavy atom. The van der Waals surface area contributed by atoms with Crippen molar-refractivity contribution in [2.75, 3.05) is 6.54 Å². The fourth-order valence-corrected chi connectivity index (χ4v) is 2.20. The molecule has 18 heavy (non-hydrogen) atoms. The predicted molar refractivity (Wildman–Crippen MR) is 69.6 cm³/mol. The van der Waals surface area contributed by atoms with Crippen LogP contribution in [0.4, 0.5) is 4.79 Å². The predicted octanol–water partition coefficient (Wildman–Crippen LogP) is 3.03. The third-order valence-corrected chi connectivity index (χ3v) is 3.06. The van der Waals surface area contributed by atoms with Gasteiger partial charge in [-0.1, -0.05) is 11.6 Å². The molecule has 2 rings (SSSR count). The molecule has 1 aliphatic rings. The van der Waals surface area contributed by atoms with Crippen LogP contribution in [0.5, 0.6) is 0 Å². The molecule has 0 saturated heterocycles. The SMILES string of the molecule is CC(C)(C)OC(=O)N1CCc2c(Cl)cncc2C1. The van der Waals surface area contributed by atoms with Gasteiger partial charge in [0.05, 0.1) is 11.6 Å². The highest BCUT2D eigenvalue weighted by Gasteiger charge is 2.26. The van der Waals surface area contributed by atoms with E-state index in [-0.39, 0.29) is 6.09 Å². The van der Waals surface area contributed by atoms with Gasteiger partial charge < -0.3 is 9.64 Å². The van der Waals surface area contributed by atoms with Gasteiger partial charge in [-0.3, -0.25) is 4.98 Å². The maximum atomic E-state index is 12.0. The first-order chi connectivity index (χ1) is 8.37. The lowest BCUT2D eigenvalue weighted by Crippen LogP contribution is -2.40. The monoisotopic (exact) mass is 268 g/mol. The first-order valence-corrected chi connectivity index (χ1v) is 6.34. The molecule has 1 aromatic rings. The molecule has 0 spiro atoms. The second-order valence-electron chi connectivity index (χ2n) is 5.41. The van der Waals surface area contributed by atoms with Gasteiger partial charge in [-0.15, -0.1) is 0 Å². The van der Waals surface area contributed by atoms with Gasteiger partial charge in [-0.25, -0.2) is 4.79 Å². The number of carbonyl (C=O) groups is 1. The highest BCUT2D eigenvalue weighted by atomic mass is 35.5. The van der Waals surface area contributed by atoms with Gasteiger partial charge >= 0.3 is 6.09 Å². The van der Waals surface area contributed by atoms with Gasteiger partial charge in [0.15, 0.2) is 0 Å². The summed E-state index contributed by atoms with van der Waals surface area (Å²) < 4.78 is 5.36. The van der Waals surface area contributed by atoms with E-state index in [0.29, 0.717) is 18.1 Å². The number of halogens is 1. The maximum absolute atomic E-state index is 12.0. The molecule has 5 heteroatoms. The Kier molecular flexibility index (Phi) is 3.48. The van der Waals surface area contributed by atoms with Crippen molar-refractivity contribution in [2.24, 2.45) is 0 Å². The first kappa shape index (κ1) is 13.1. The van der Waals surface area contributed by atoms with Crippen LogP contribution in [0, 0.1) is 0 Å². The summed E-state index contributed by atoms with van der Waals surface area (Å²) in [4.78, 5) is 17.7. The maximum Gasteiger partial charge on any atom is 0.410 e. The Morgan fingerprint density at radius 2 is 2.17 bits per heavy atom. The largest absolute Gasteiger partial charge is 0.444 e. The molecule has 4 nitrogen and oxygen atoms in total. The van der Waals surface area contributed by atoms with E-state index >= 15 is 0 Å². The summed E-state index contributed by atoms with van der Waals surface area (Å²) in [6.07, 6.45) is 3.87. The van der Waals surface area contributed by atoms with Crippen LogP contribution in [0.2, 0.25) is 5.02 Å². The molecular formula is C13H17ClN2O2. The molecule has 0 aliphatic carbocycles. The number of ether oxygens (including phenoxy) is 1. The average Bonchev–Trinajstić information content (AvgIpc) is 2.26. The summed E-state index contributed by atoms with van der Waals surface area (Å²) >= 11 is 6.08. The molecule has 0 atom stereocenters. The molecule has 0 bridgehead atoms. The zero-order chi connectivity index (χ0) is 13.3. The van der Waals surface area contributed by atoms with E-state index in [1.165, 1.54) is 0 Å². The number of carbonyl (C=O) groups excluding carboxylic acids is 1. The van der Waals surface area contributed by atoms with Crippen molar-refractivity contribution < 1.29 is 9.53 Å². The van der Waals surface area contributed by atoms with E-state index in [4.69, 9.17) is 16.3 Å². The summed E-state index contributed by atoms with van der Waals surface area (Å²) in [5, 5.41) is 0.677. The van der Waals surface area contributed by atoms with Crippen molar-refractivity contribution in [2.45, 2.75) is 39.3 Å². The van der Waals surface area contributed by atoms with Crippen LogP contribution in [0.25, 0.3) is 0 Å². The molecule has 0 aromatic carbocycles. The van der Waals surface area contributed by atoms with Gasteiger partial charge in [-0.2, -0.15) is 0 Å². The number of aromatic nitrogens is 1. The Bertz CT molecular complexity index is 469. The highest BCUT2D eigenvalue weighted by molar-refractivity contribution is 6.31. The number of rotatable bonds is 0. The number of pyridine rings is 1. The molecular weight excluding hydrogens is 252 g/mol. The molecule has 0 unspecified atom stereocenters. The van der Waals surface area contributed by atoms with Gasteiger partial charge in [0, 0.05) is 18.9 Å². The zero-order valence-electron chi connectivity index (χ0n) is 10.9. The van der Waals surface area contributed by atoms with E-state index in [1.54, 1.807) is 17.3 Å². The van der Waals surface area contributed by atoms with Gasteiger partial charge in [0.25, 0.3) is 0 Å². The lowest BCUT2D eigenvalue weighted by molar-refractivity contribution is 0.0224. The van der Waals surface area contributed by atoms with Crippen LogP contribution in [-0.2, 0) is 17.7 Å². The minimum atomic E-state index is -0.468. The van der Waals surface area contributed by atoms with Crippen LogP contribution in [-0.4, -0.2) is 28.1 Å². The lowest BCUT2D eigenvalue weighted by atomic mass is 10.0. The fourth-order valence-electron chi connectivity index (χ4n) is 1.93. The number of amides is 1. The summed E-state index contributed by atoms with van der Waals surface area (Å²) in [7, 11) is 0. The minimum absolute atomic E-state index is 0.284. The molecule has 98 valence electrons. The van der Waals surface area contributed by atoms with Crippen LogP contribution in [0.3, 0.4) is 0 Å². The third kappa shape index (κ3) is 2.93. The molecule has 0 radical (unpaired) electrons. The molecule has 1 amide bonds. The molecule has 0 saturated carbocycles. The number of fused-ring (bicyclic) bond motifs is 1. The summed E-state index contributed by atoms with van der Waals surface area (Å²) in [6, 6.07) is 0. The van der Waals surface area contributed by atoms with Crippen molar-refractivity contribution in [1.29, 1.82) is 0 Å². The van der Waals surface area contributed by atoms with Crippen molar-refractivity contribution >= 4 is 17.7 Å². The third-order valence-electron chi connectivity index (χ3n) is 2.74. The summed E-state index contributed by atoms with van der Waals surface area (Å²) in [5.74, 6) is 0. The first-order valence-electron chi connectivity index (χ1n) is 5.96. The van der Waals surface area contributed by atoms with E-state index in [1.807, 2.05) is 20.8 Å². The topological polar surface area (TPSA) is 42.4 Å². The molecule has 1 aromatic heterocycles. The molecule has 0 N–H and O–H groups in total. The highest BCUT2D eigenvalue weighted by Crippen LogP contribution is 2.25. The van der Waals surface area contributed by atoms with Crippen LogP contribution in [0.15, 0.2) is 12.4 Å².